The number of nitrogens with one attached hydrogen (secondary N) is 2. The highest BCUT2D eigenvalue weighted by molar-refractivity contribution is 5.90. The van der Waals surface area contributed by atoms with Crippen molar-refractivity contribution in [2.24, 2.45) is 4.99 Å². The SMILES string of the molecule is CCN(C(=O)OC)c1ccc2c(c1)/C(=C/C1CN=CN1)CCN2. The van der Waals surface area contributed by atoms with E-state index in [4.69, 9.17) is 4.74 Å². The molecule has 1 amide bonds. The van der Waals surface area contributed by atoms with Crippen molar-refractivity contribution in [3.8, 4) is 0 Å². The number of carbonyl (C=O) groups is 1. The molecule has 1 unspecified atom stereocenters. The fourth-order valence-corrected chi connectivity index (χ4v) is 3.00. The Balaban J connectivity index is 1.94. The molecule has 0 aromatic heterocycles. The molecule has 1 aromatic rings. The molecule has 23 heavy (non-hydrogen) atoms. The van der Waals surface area contributed by atoms with E-state index in [0.717, 1.165) is 36.4 Å². The molecule has 2 heterocycles. The van der Waals surface area contributed by atoms with Crippen molar-refractivity contribution in [2.75, 3.05) is 37.0 Å². The first kappa shape index (κ1) is 15.4. The highest BCUT2D eigenvalue weighted by Gasteiger charge is 2.20. The molecule has 2 aliphatic rings. The zero-order valence-electron chi connectivity index (χ0n) is 13.5. The van der Waals surface area contributed by atoms with Crippen molar-refractivity contribution >= 4 is 29.4 Å². The molecule has 3 rings (SSSR count). The Kier molecular flexibility index (Phi) is 4.50. The average Bonchev–Trinajstić information content (AvgIpc) is 3.09. The number of benzene rings is 1. The van der Waals surface area contributed by atoms with E-state index in [1.54, 1.807) is 11.2 Å². The molecule has 0 spiro atoms. The predicted molar refractivity (Wildman–Crippen MR) is 93.2 cm³/mol. The lowest BCUT2D eigenvalue weighted by molar-refractivity contribution is 0.179. The van der Waals surface area contributed by atoms with Crippen molar-refractivity contribution < 1.29 is 9.53 Å². The molecule has 1 aromatic carbocycles. The number of hydrogen-bond donors (Lipinski definition) is 2. The van der Waals surface area contributed by atoms with Crippen molar-refractivity contribution in [2.45, 2.75) is 19.4 Å². The van der Waals surface area contributed by atoms with Gasteiger partial charge in [-0.3, -0.25) is 9.89 Å². The van der Waals surface area contributed by atoms with Gasteiger partial charge in [0.15, 0.2) is 0 Å². The normalized spacial score (nSPS) is 20.6. The molecule has 2 N–H and O–H groups in total. The largest absolute Gasteiger partial charge is 0.452 e. The number of hydrogen-bond acceptors (Lipinski definition) is 5. The van der Waals surface area contributed by atoms with Crippen LogP contribution in [0.2, 0.25) is 0 Å². The van der Waals surface area contributed by atoms with Gasteiger partial charge in [0.25, 0.3) is 0 Å². The minimum atomic E-state index is -0.340. The van der Waals surface area contributed by atoms with Crippen LogP contribution < -0.4 is 15.5 Å². The van der Waals surface area contributed by atoms with Crippen LogP contribution in [0, 0.1) is 0 Å². The molecule has 1 atom stereocenters. The van der Waals surface area contributed by atoms with Crippen LogP contribution in [-0.4, -0.2) is 45.2 Å². The lowest BCUT2D eigenvalue weighted by Gasteiger charge is -2.25. The Bertz CT molecular complexity index is 646. The monoisotopic (exact) mass is 314 g/mol. The summed E-state index contributed by atoms with van der Waals surface area (Å²) in [5.74, 6) is 0. The van der Waals surface area contributed by atoms with E-state index in [2.05, 4.69) is 27.8 Å². The Hall–Kier alpha value is -2.50. The zero-order chi connectivity index (χ0) is 16.2. The number of carbonyl (C=O) groups excluding carboxylic acids is 1. The standard InChI is InChI=1S/C17H22N4O2/c1-3-21(17(22)23-2)14-4-5-16-15(9-14)12(6-7-19-16)8-13-10-18-11-20-13/h4-5,8-9,11,13,19H,3,6-7,10H2,1-2H3,(H,18,20)/b12-8+. The summed E-state index contributed by atoms with van der Waals surface area (Å²) in [5, 5.41) is 6.66. The van der Waals surface area contributed by atoms with Crippen LogP contribution in [0.15, 0.2) is 29.3 Å². The molecule has 0 radical (unpaired) electrons. The first-order valence-electron chi connectivity index (χ1n) is 7.91. The number of anilines is 2. The third kappa shape index (κ3) is 3.16. The van der Waals surface area contributed by atoms with E-state index in [0.29, 0.717) is 6.54 Å². The van der Waals surface area contributed by atoms with Crippen LogP contribution >= 0.6 is 0 Å². The van der Waals surface area contributed by atoms with Gasteiger partial charge in [0.1, 0.15) is 0 Å². The maximum Gasteiger partial charge on any atom is 0.413 e. The number of amides is 1. The third-order valence-electron chi connectivity index (χ3n) is 4.17. The van der Waals surface area contributed by atoms with Crippen molar-refractivity contribution in [1.82, 2.24) is 5.32 Å². The second-order valence-corrected chi connectivity index (χ2v) is 5.58. The van der Waals surface area contributed by atoms with E-state index in [1.807, 2.05) is 19.1 Å². The zero-order valence-corrected chi connectivity index (χ0v) is 13.5. The number of aliphatic imine (C=N–C) groups is 1. The van der Waals surface area contributed by atoms with Crippen LogP contribution in [0.3, 0.4) is 0 Å². The molecule has 2 aliphatic heterocycles. The van der Waals surface area contributed by atoms with Crippen LogP contribution in [-0.2, 0) is 4.74 Å². The lowest BCUT2D eigenvalue weighted by atomic mass is 9.94. The highest BCUT2D eigenvalue weighted by atomic mass is 16.5. The summed E-state index contributed by atoms with van der Waals surface area (Å²) in [7, 11) is 1.40. The Labute approximate surface area is 136 Å². The van der Waals surface area contributed by atoms with E-state index >= 15 is 0 Å². The maximum absolute atomic E-state index is 11.9. The fraction of sp³-hybridized carbons (Fsp3) is 0.412. The summed E-state index contributed by atoms with van der Waals surface area (Å²) >= 11 is 0. The first-order chi connectivity index (χ1) is 11.2. The Morgan fingerprint density at radius 3 is 3.09 bits per heavy atom. The molecular formula is C17H22N4O2. The first-order valence-corrected chi connectivity index (χ1v) is 7.91. The van der Waals surface area contributed by atoms with Crippen LogP contribution in [0.25, 0.3) is 5.57 Å². The summed E-state index contributed by atoms with van der Waals surface area (Å²) in [6.45, 7) is 4.19. The molecule has 6 nitrogen and oxygen atoms in total. The molecule has 6 heteroatoms. The topological polar surface area (TPSA) is 66.0 Å². The molecule has 122 valence electrons. The van der Waals surface area contributed by atoms with Crippen molar-refractivity contribution in [1.29, 1.82) is 0 Å². The van der Waals surface area contributed by atoms with Gasteiger partial charge in [-0.15, -0.1) is 0 Å². The number of ether oxygens (including phenoxy) is 1. The van der Waals surface area contributed by atoms with Gasteiger partial charge in [0.2, 0.25) is 0 Å². The summed E-state index contributed by atoms with van der Waals surface area (Å²) < 4.78 is 4.87. The summed E-state index contributed by atoms with van der Waals surface area (Å²) in [6, 6.07) is 6.29. The van der Waals surface area contributed by atoms with Crippen LogP contribution in [0.1, 0.15) is 18.9 Å². The van der Waals surface area contributed by atoms with Gasteiger partial charge < -0.3 is 15.4 Å². The molecule has 0 fully saturated rings. The van der Waals surface area contributed by atoms with Crippen molar-refractivity contribution in [3.63, 3.8) is 0 Å². The number of fused-ring (bicyclic) bond motifs is 1. The minimum absolute atomic E-state index is 0.252. The average molecular weight is 314 g/mol. The second-order valence-electron chi connectivity index (χ2n) is 5.58. The Morgan fingerprint density at radius 1 is 1.52 bits per heavy atom. The molecule has 0 saturated carbocycles. The Morgan fingerprint density at radius 2 is 2.39 bits per heavy atom. The van der Waals surface area contributed by atoms with E-state index in [-0.39, 0.29) is 12.1 Å². The number of nitrogens with zero attached hydrogens (tertiary/aromatic N) is 2. The molecule has 0 saturated heterocycles. The number of rotatable bonds is 3. The quantitative estimate of drug-likeness (QED) is 0.899. The maximum atomic E-state index is 11.9. The second kappa shape index (κ2) is 6.73. The van der Waals surface area contributed by atoms with Gasteiger partial charge in [-0.1, -0.05) is 6.08 Å². The van der Waals surface area contributed by atoms with Gasteiger partial charge in [-0.2, -0.15) is 0 Å². The molecule has 0 aliphatic carbocycles. The van der Waals surface area contributed by atoms with Crippen molar-refractivity contribution in [3.05, 3.63) is 29.8 Å². The number of methoxy groups -OCH3 is 1. The van der Waals surface area contributed by atoms with E-state index < -0.39 is 0 Å². The van der Waals surface area contributed by atoms with E-state index in [9.17, 15) is 4.79 Å². The summed E-state index contributed by atoms with van der Waals surface area (Å²) in [6.07, 6.45) is 4.62. The van der Waals surface area contributed by atoms with Gasteiger partial charge in [0.05, 0.1) is 26.0 Å². The summed E-state index contributed by atoms with van der Waals surface area (Å²) in [4.78, 5) is 17.8. The smallest absolute Gasteiger partial charge is 0.413 e. The van der Waals surface area contributed by atoms with E-state index in [1.165, 1.54) is 12.7 Å². The summed E-state index contributed by atoms with van der Waals surface area (Å²) in [5.41, 5.74) is 4.38. The minimum Gasteiger partial charge on any atom is -0.452 e. The molecular weight excluding hydrogens is 292 g/mol. The van der Waals surface area contributed by atoms with Crippen LogP contribution in [0.4, 0.5) is 16.2 Å². The fourth-order valence-electron chi connectivity index (χ4n) is 3.00. The predicted octanol–water partition coefficient (Wildman–Crippen LogP) is 2.48. The van der Waals surface area contributed by atoms with Gasteiger partial charge in [0, 0.05) is 30.0 Å². The molecule has 0 bridgehead atoms. The van der Waals surface area contributed by atoms with Gasteiger partial charge >= 0.3 is 6.09 Å². The third-order valence-corrected chi connectivity index (χ3v) is 4.17. The lowest BCUT2D eigenvalue weighted by Crippen LogP contribution is -2.30. The highest BCUT2D eigenvalue weighted by Crippen LogP contribution is 2.34. The van der Waals surface area contributed by atoms with Gasteiger partial charge in [-0.25, -0.2) is 4.79 Å². The van der Waals surface area contributed by atoms with Crippen LogP contribution in [0.5, 0.6) is 0 Å². The van der Waals surface area contributed by atoms with Gasteiger partial charge in [-0.05, 0) is 37.1 Å².